The van der Waals surface area contributed by atoms with Gasteiger partial charge in [0.05, 0.1) is 16.6 Å². The highest BCUT2D eigenvalue weighted by molar-refractivity contribution is 8.02. The van der Waals surface area contributed by atoms with Crippen molar-refractivity contribution in [3.05, 3.63) is 53.6 Å². The number of aliphatic hydroxyl groups excluding tert-OH is 1. The average molecular weight is 524 g/mol. The van der Waals surface area contributed by atoms with Crippen LogP contribution in [-0.4, -0.2) is 80.9 Å². The smallest absolute Gasteiger partial charge is 0.251 e. The molecular formula is C29H37N3O4S. The minimum absolute atomic E-state index is 0.00321. The zero-order valence-corrected chi connectivity index (χ0v) is 23.0. The quantitative estimate of drug-likeness (QED) is 0.580. The number of thioether (sulfide) groups is 1. The van der Waals surface area contributed by atoms with E-state index in [1.807, 2.05) is 62.9 Å². The molecule has 0 bridgehead atoms. The van der Waals surface area contributed by atoms with Gasteiger partial charge in [-0.2, -0.15) is 0 Å². The first-order valence-corrected chi connectivity index (χ1v) is 14.1. The number of anilines is 1. The standard InChI is InChI=1S/C29H37N3O4S/c1-5-14-30-15-7-12-28(4)21(25(30)34)22-26(35)32(17-9-18-33)24-27(36)31(16-8-13-29(22,24)37-28)23-19(2)10-6-11-20(23)3/h6-8,10-13,21-22,24,33H,5,9,14-18H2,1-4H3/t21-,22-,24?,28+,29-/m0/s1. The van der Waals surface area contributed by atoms with E-state index in [0.29, 0.717) is 26.1 Å². The Labute approximate surface area is 223 Å². The molecule has 3 amide bonds. The van der Waals surface area contributed by atoms with E-state index >= 15 is 0 Å². The van der Waals surface area contributed by atoms with E-state index in [9.17, 15) is 19.5 Å². The van der Waals surface area contributed by atoms with Crippen molar-refractivity contribution < 1.29 is 19.5 Å². The van der Waals surface area contributed by atoms with Gasteiger partial charge in [0.2, 0.25) is 11.8 Å². The molecule has 0 aromatic heterocycles. The van der Waals surface area contributed by atoms with Crippen molar-refractivity contribution in [3.8, 4) is 0 Å². The number of hydrogen-bond donors (Lipinski definition) is 1. The van der Waals surface area contributed by atoms with Crippen LogP contribution in [0.4, 0.5) is 5.69 Å². The van der Waals surface area contributed by atoms with Gasteiger partial charge in [-0.15, -0.1) is 11.8 Å². The number of aliphatic hydroxyl groups is 1. The number of hydrogen-bond acceptors (Lipinski definition) is 5. The zero-order chi connectivity index (χ0) is 26.5. The summed E-state index contributed by atoms with van der Waals surface area (Å²) in [4.78, 5) is 48.1. The summed E-state index contributed by atoms with van der Waals surface area (Å²) in [5.74, 6) is -1.47. The van der Waals surface area contributed by atoms with Gasteiger partial charge in [0.25, 0.3) is 5.91 Å². The second-order valence-electron chi connectivity index (χ2n) is 10.9. The molecule has 37 heavy (non-hydrogen) atoms. The van der Waals surface area contributed by atoms with Crippen LogP contribution in [0.2, 0.25) is 0 Å². The summed E-state index contributed by atoms with van der Waals surface area (Å²) in [6.07, 6.45) is 9.44. The van der Waals surface area contributed by atoms with E-state index in [1.165, 1.54) is 0 Å². The predicted molar refractivity (Wildman–Crippen MR) is 146 cm³/mol. The molecule has 0 saturated carbocycles. The lowest BCUT2D eigenvalue weighted by atomic mass is 9.74. The Morgan fingerprint density at radius 3 is 2.35 bits per heavy atom. The van der Waals surface area contributed by atoms with Crippen molar-refractivity contribution in [2.45, 2.75) is 56.1 Å². The first kappa shape index (κ1) is 26.0. The van der Waals surface area contributed by atoms with Gasteiger partial charge in [-0.25, -0.2) is 0 Å². The maximum atomic E-state index is 14.5. The number of aryl methyl sites for hydroxylation is 2. The Kier molecular flexibility index (Phi) is 6.77. The van der Waals surface area contributed by atoms with E-state index in [1.54, 1.807) is 21.6 Å². The molecule has 0 radical (unpaired) electrons. The summed E-state index contributed by atoms with van der Waals surface area (Å²) in [6, 6.07) is 5.24. The first-order valence-electron chi connectivity index (χ1n) is 13.3. The number of likely N-dealkylation sites (tertiary alicyclic amines) is 1. The van der Waals surface area contributed by atoms with Gasteiger partial charge in [-0.3, -0.25) is 14.4 Å². The van der Waals surface area contributed by atoms with Crippen LogP contribution < -0.4 is 4.90 Å². The number of carbonyl (C=O) groups is 3. The van der Waals surface area contributed by atoms with Gasteiger partial charge < -0.3 is 19.8 Å². The fourth-order valence-electron chi connectivity index (χ4n) is 6.96. The highest BCUT2D eigenvalue weighted by Gasteiger charge is 2.73. The van der Waals surface area contributed by atoms with Crippen LogP contribution in [0.3, 0.4) is 0 Å². The first-order chi connectivity index (χ1) is 17.7. The third-order valence-corrected chi connectivity index (χ3v) is 10.2. The van der Waals surface area contributed by atoms with Crippen LogP contribution in [0.25, 0.3) is 0 Å². The number of para-hydroxylation sites is 1. The Morgan fingerprint density at radius 1 is 0.973 bits per heavy atom. The number of amides is 3. The molecule has 1 aromatic rings. The van der Waals surface area contributed by atoms with E-state index in [-0.39, 0.29) is 30.9 Å². The van der Waals surface area contributed by atoms with Crippen molar-refractivity contribution in [1.29, 1.82) is 0 Å². The third kappa shape index (κ3) is 3.86. The van der Waals surface area contributed by atoms with E-state index < -0.39 is 27.4 Å². The van der Waals surface area contributed by atoms with Gasteiger partial charge in [0.1, 0.15) is 6.04 Å². The largest absolute Gasteiger partial charge is 0.396 e. The van der Waals surface area contributed by atoms with E-state index in [2.05, 4.69) is 12.2 Å². The van der Waals surface area contributed by atoms with Gasteiger partial charge in [-0.1, -0.05) is 49.4 Å². The van der Waals surface area contributed by atoms with Crippen LogP contribution >= 0.6 is 11.8 Å². The lowest BCUT2D eigenvalue weighted by molar-refractivity contribution is -0.143. The number of carbonyl (C=O) groups excluding carboxylic acids is 3. The molecule has 2 saturated heterocycles. The van der Waals surface area contributed by atoms with Gasteiger partial charge >= 0.3 is 0 Å². The molecule has 198 valence electrons. The predicted octanol–water partition coefficient (Wildman–Crippen LogP) is 3.08. The molecule has 5 atom stereocenters. The Hall–Kier alpha value is -2.58. The van der Waals surface area contributed by atoms with Crippen molar-refractivity contribution in [2.75, 3.05) is 37.7 Å². The maximum absolute atomic E-state index is 14.5. The van der Waals surface area contributed by atoms with Crippen LogP contribution in [0, 0.1) is 25.7 Å². The molecule has 1 unspecified atom stereocenters. The molecule has 4 heterocycles. The summed E-state index contributed by atoms with van der Waals surface area (Å²) in [5.41, 5.74) is 2.88. The van der Waals surface area contributed by atoms with Crippen LogP contribution in [0.5, 0.6) is 0 Å². The van der Waals surface area contributed by atoms with Crippen LogP contribution in [0.15, 0.2) is 42.5 Å². The lowest BCUT2D eigenvalue weighted by Gasteiger charge is -2.37. The van der Waals surface area contributed by atoms with Crippen molar-refractivity contribution in [2.24, 2.45) is 11.8 Å². The lowest BCUT2D eigenvalue weighted by Crippen LogP contribution is -2.54. The molecule has 1 aromatic carbocycles. The third-order valence-electron chi connectivity index (χ3n) is 8.40. The molecule has 4 aliphatic heterocycles. The Balaban J connectivity index is 1.65. The summed E-state index contributed by atoms with van der Waals surface area (Å²) in [6.45, 7) is 9.90. The minimum atomic E-state index is -0.858. The Bertz CT molecular complexity index is 1160. The average Bonchev–Trinajstić information content (AvgIpc) is 3.12. The number of fused-ring (bicyclic) bond motifs is 2. The molecule has 0 aliphatic carbocycles. The highest BCUT2D eigenvalue weighted by Crippen LogP contribution is 2.65. The number of benzene rings is 1. The fraction of sp³-hybridized carbons (Fsp3) is 0.552. The second-order valence-corrected chi connectivity index (χ2v) is 12.7. The number of rotatable bonds is 6. The molecule has 8 heteroatoms. The van der Waals surface area contributed by atoms with E-state index in [4.69, 9.17) is 0 Å². The summed E-state index contributed by atoms with van der Waals surface area (Å²) < 4.78 is -1.46. The van der Waals surface area contributed by atoms with Crippen molar-refractivity contribution in [1.82, 2.24) is 9.80 Å². The van der Waals surface area contributed by atoms with Gasteiger partial charge in [-0.05, 0) is 44.7 Å². The van der Waals surface area contributed by atoms with Gasteiger partial charge in [0, 0.05) is 43.2 Å². The van der Waals surface area contributed by atoms with Crippen LogP contribution in [0.1, 0.15) is 37.8 Å². The highest BCUT2D eigenvalue weighted by atomic mass is 32.2. The fourth-order valence-corrected chi connectivity index (χ4v) is 9.11. The SMILES string of the molecule is CCCN1CC=C[C@@]2(C)S[C@]34C=CCN(c5c(C)cccc5C)C(=O)C3N(CCCO)C(=O)[C@@H]4[C@H]2C1=O. The monoisotopic (exact) mass is 523 g/mol. The normalized spacial score (nSPS) is 32.9. The summed E-state index contributed by atoms with van der Waals surface area (Å²) in [5, 5.41) is 9.61. The van der Waals surface area contributed by atoms with Crippen LogP contribution in [-0.2, 0) is 14.4 Å². The maximum Gasteiger partial charge on any atom is 0.251 e. The van der Waals surface area contributed by atoms with Crippen molar-refractivity contribution in [3.63, 3.8) is 0 Å². The minimum Gasteiger partial charge on any atom is -0.396 e. The molecule has 4 aliphatic rings. The van der Waals surface area contributed by atoms with Crippen molar-refractivity contribution >= 4 is 35.2 Å². The second kappa shape index (κ2) is 9.62. The summed E-state index contributed by atoms with van der Waals surface area (Å²) >= 11 is 1.61. The molecule has 7 nitrogen and oxygen atoms in total. The molecule has 1 N–H and O–H groups in total. The molecule has 5 rings (SSSR count). The zero-order valence-electron chi connectivity index (χ0n) is 22.1. The van der Waals surface area contributed by atoms with E-state index in [0.717, 1.165) is 23.2 Å². The Morgan fingerprint density at radius 2 is 1.68 bits per heavy atom. The molecule has 2 fully saturated rings. The molecular weight excluding hydrogens is 486 g/mol. The summed E-state index contributed by atoms with van der Waals surface area (Å²) in [7, 11) is 0. The topological polar surface area (TPSA) is 81.2 Å². The number of nitrogens with zero attached hydrogens (tertiary/aromatic N) is 3. The molecule has 1 spiro atoms. The van der Waals surface area contributed by atoms with Gasteiger partial charge in [0.15, 0.2) is 0 Å².